The van der Waals surface area contributed by atoms with Crippen molar-refractivity contribution in [1.29, 1.82) is 0 Å². The second-order valence-electron chi connectivity index (χ2n) is 4.39. The summed E-state index contributed by atoms with van der Waals surface area (Å²) in [7, 11) is 1.62. The standard InChI is InChI=1S/C16H12O3S/c1-19-13-7-4-11-8-15(20-14(11)9-13)16(18)10-2-5-12(17)6-3-10/h2-9,17H,1H3. The summed E-state index contributed by atoms with van der Waals surface area (Å²) in [6.45, 7) is 0. The smallest absolute Gasteiger partial charge is 0.202 e. The quantitative estimate of drug-likeness (QED) is 0.743. The number of carbonyl (C=O) groups is 1. The first-order valence-electron chi connectivity index (χ1n) is 6.09. The van der Waals surface area contributed by atoms with Gasteiger partial charge in [-0.2, -0.15) is 0 Å². The van der Waals surface area contributed by atoms with E-state index in [9.17, 15) is 9.90 Å². The van der Waals surface area contributed by atoms with E-state index in [0.29, 0.717) is 10.4 Å². The molecule has 100 valence electrons. The van der Waals surface area contributed by atoms with Gasteiger partial charge in [-0.25, -0.2) is 0 Å². The van der Waals surface area contributed by atoms with Gasteiger partial charge in [0.15, 0.2) is 0 Å². The van der Waals surface area contributed by atoms with Gasteiger partial charge < -0.3 is 9.84 Å². The van der Waals surface area contributed by atoms with Gasteiger partial charge in [0, 0.05) is 10.3 Å². The first-order valence-corrected chi connectivity index (χ1v) is 6.90. The molecule has 1 N–H and O–H groups in total. The van der Waals surface area contributed by atoms with Crippen LogP contribution in [0.5, 0.6) is 11.5 Å². The number of benzene rings is 2. The predicted octanol–water partition coefficient (Wildman–Crippen LogP) is 3.85. The summed E-state index contributed by atoms with van der Waals surface area (Å²) in [6, 6.07) is 13.9. The number of methoxy groups -OCH3 is 1. The molecule has 2 aromatic carbocycles. The van der Waals surface area contributed by atoms with Crippen molar-refractivity contribution in [2.75, 3.05) is 7.11 Å². The molecule has 0 fully saturated rings. The van der Waals surface area contributed by atoms with Crippen LogP contribution >= 0.6 is 11.3 Å². The van der Waals surface area contributed by atoms with Crippen molar-refractivity contribution in [3.05, 3.63) is 59.0 Å². The minimum Gasteiger partial charge on any atom is -0.508 e. The third kappa shape index (κ3) is 2.26. The summed E-state index contributed by atoms with van der Waals surface area (Å²) in [4.78, 5) is 13.1. The summed E-state index contributed by atoms with van der Waals surface area (Å²) in [5.74, 6) is 0.899. The summed E-state index contributed by atoms with van der Waals surface area (Å²) < 4.78 is 6.20. The number of ether oxygens (including phenoxy) is 1. The van der Waals surface area contributed by atoms with Crippen molar-refractivity contribution < 1.29 is 14.6 Å². The minimum absolute atomic E-state index is 0.0369. The molecule has 0 saturated heterocycles. The number of thiophene rings is 1. The van der Waals surface area contributed by atoms with E-state index in [1.807, 2.05) is 24.3 Å². The molecule has 0 atom stereocenters. The molecule has 0 aliphatic rings. The molecule has 0 spiro atoms. The zero-order valence-corrected chi connectivity index (χ0v) is 11.6. The molecule has 0 bridgehead atoms. The van der Waals surface area contributed by atoms with Gasteiger partial charge in [-0.1, -0.05) is 0 Å². The molecular formula is C16H12O3S. The first-order chi connectivity index (χ1) is 9.67. The maximum Gasteiger partial charge on any atom is 0.202 e. The summed E-state index contributed by atoms with van der Waals surface area (Å²) in [5.41, 5.74) is 0.571. The third-order valence-electron chi connectivity index (χ3n) is 3.08. The fourth-order valence-electron chi connectivity index (χ4n) is 2.01. The van der Waals surface area contributed by atoms with E-state index in [1.165, 1.54) is 23.5 Å². The van der Waals surface area contributed by atoms with Crippen LogP contribution in [0.4, 0.5) is 0 Å². The van der Waals surface area contributed by atoms with Crippen molar-refractivity contribution in [2.24, 2.45) is 0 Å². The van der Waals surface area contributed by atoms with Crippen molar-refractivity contribution in [2.45, 2.75) is 0 Å². The highest BCUT2D eigenvalue weighted by Crippen LogP contribution is 2.30. The number of fused-ring (bicyclic) bond motifs is 1. The lowest BCUT2D eigenvalue weighted by Gasteiger charge is -1.97. The fraction of sp³-hybridized carbons (Fsp3) is 0.0625. The van der Waals surface area contributed by atoms with Crippen molar-refractivity contribution in [3.8, 4) is 11.5 Å². The highest BCUT2D eigenvalue weighted by atomic mass is 32.1. The number of hydrogen-bond donors (Lipinski definition) is 1. The van der Waals surface area contributed by atoms with Crippen molar-refractivity contribution >= 4 is 27.2 Å². The van der Waals surface area contributed by atoms with Gasteiger partial charge in [-0.15, -0.1) is 11.3 Å². The molecule has 3 aromatic rings. The molecular weight excluding hydrogens is 272 g/mol. The van der Waals surface area contributed by atoms with Crippen molar-refractivity contribution in [1.82, 2.24) is 0 Å². The van der Waals surface area contributed by atoms with Crippen LogP contribution in [0.2, 0.25) is 0 Å². The van der Waals surface area contributed by atoms with Crippen LogP contribution in [0, 0.1) is 0 Å². The second kappa shape index (κ2) is 4.98. The Hall–Kier alpha value is -2.33. The van der Waals surface area contributed by atoms with Gasteiger partial charge in [-0.05, 0) is 53.9 Å². The number of aromatic hydroxyl groups is 1. The maximum atomic E-state index is 12.4. The normalized spacial score (nSPS) is 10.7. The third-order valence-corrected chi connectivity index (χ3v) is 4.18. The van der Waals surface area contributed by atoms with E-state index >= 15 is 0 Å². The highest BCUT2D eigenvalue weighted by molar-refractivity contribution is 7.21. The lowest BCUT2D eigenvalue weighted by atomic mass is 10.1. The van der Waals surface area contributed by atoms with Crippen LogP contribution in [0.15, 0.2) is 48.5 Å². The first kappa shape index (κ1) is 12.7. The van der Waals surface area contributed by atoms with Gasteiger partial charge in [0.25, 0.3) is 0 Å². The zero-order chi connectivity index (χ0) is 14.1. The number of phenolic OH excluding ortho intramolecular Hbond substituents is 1. The molecule has 0 saturated carbocycles. The van der Waals surface area contributed by atoms with E-state index in [0.717, 1.165) is 15.8 Å². The zero-order valence-electron chi connectivity index (χ0n) is 10.8. The number of phenols is 1. The van der Waals surface area contributed by atoms with E-state index in [-0.39, 0.29) is 11.5 Å². The molecule has 0 aliphatic carbocycles. The Morgan fingerprint density at radius 2 is 1.85 bits per heavy atom. The number of rotatable bonds is 3. The van der Waals surface area contributed by atoms with Gasteiger partial charge in [0.1, 0.15) is 11.5 Å². The van der Waals surface area contributed by atoms with E-state index in [1.54, 1.807) is 19.2 Å². The topological polar surface area (TPSA) is 46.5 Å². The van der Waals surface area contributed by atoms with Gasteiger partial charge in [0.05, 0.1) is 12.0 Å². The Balaban J connectivity index is 2.01. The Morgan fingerprint density at radius 3 is 2.55 bits per heavy atom. The Morgan fingerprint density at radius 1 is 1.10 bits per heavy atom. The summed E-state index contributed by atoms with van der Waals surface area (Å²) >= 11 is 1.44. The van der Waals surface area contributed by atoms with Crippen LogP contribution in [0.25, 0.3) is 10.1 Å². The Labute approximate surface area is 120 Å². The molecule has 1 aromatic heterocycles. The minimum atomic E-state index is -0.0369. The van der Waals surface area contributed by atoms with Gasteiger partial charge in [0.2, 0.25) is 5.78 Å². The molecule has 20 heavy (non-hydrogen) atoms. The van der Waals surface area contributed by atoms with Crippen LogP contribution in [-0.4, -0.2) is 18.0 Å². The monoisotopic (exact) mass is 284 g/mol. The molecule has 3 rings (SSSR count). The summed E-state index contributed by atoms with van der Waals surface area (Å²) in [6.07, 6.45) is 0. The average Bonchev–Trinajstić information content (AvgIpc) is 2.90. The van der Waals surface area contributed by atoms with E-state index in [2.05, 4.69) is 0 Å². The summed E-state index contributed by atoms with van der Waals surface area (Å²) in [5, 5.41) is 10.3. The highest BCUT2D eigenvalue weighted by Gasteiger charge is 2.13. The van der Waals surface area contributed by atoms with Crippen LogP contribution < -0.4 is 4.74 Å². The number of carbonyl (C=O) groups excluding carboxylic acids is 1. The van der Waals surface area contributed by atoms with Crippen molar-refractivity contribution in [3.63, 3.8) is 0 Å². The van der Waals surface area contributed by atoms with Crippen LogP contribution in [0.1, 0.15) is 15.2 Å². The predicted molar refractivity (Wildman–Crippen MR) is 79.9 cm³/mol. The van der Waals surface area contributed by atoms with E-state index < -0.39 is 0 Å². The molecule has 3 nitrogen and oxygen atoms in total. The number of ketones is 1. The molecule has 0 unspecified atom stereocenters. The molecule has 0 aliphatic heterocycles. The maximum absolute atomic E-state index is 12.4. The fourth-order valence-corrected chi connectivity index (χ4v) is 3.06. The van der Waals surface area contributed by atoms with Gasteiger partial charge >= 0.3 is 0 Å². The molecule has 4 heteroatoms. The Bertz CT molecular complexity index is 772. The lowest BCUT2D eigenvalue weighted by molar-refractivity contribution is 0.104. The number of hydrogen-bond acceptors (Lipinski definition) is 4. The second-order valence-corrected chi connectivity index (χ2v) is 5.47. The van der Waals surface area contributed by atoms with E-state index in [4.69, 9.17) is 4.74 Å². The molecule has 1 heterocycles. The Kier molecular flexibility index (Phi) is 3.16. The average molecular weight is 284 g/mol. The molecule has 0 amide bonds. The molecule has 0 radical (unpaired) electrons. The SMILES string of the molecule is COc1ccc2cc(C(=O)c3ccc(O)cc3)sc2c1. The van der Waals surface area contributed by atoms with Gasteiger partial charge in [-0.3, -0.25) is 4.79 Å². The van der Waals surface area contributed by atoms with Crippen LogP contribution in [-0.2, 0) is 0 Å². The van der Waals surface area contributed by atoms with Crippen LogP contribution in [0.3, 0.4) is 0 Å². The lowest BCUT2D eigenvalue weighted by Crippen LogP contribution is -1.97. The largest absolute Gasteiger partial charge is 0.508 e.